The van der Waals surface area contributed by atoms with Crippen LogP contribution in [0.25, 0.3) is 11.4 Å². The minimum absolute atomic E-state index is 0.308. The smallest absolute Gasteiger partial charge is 0.318 e. The third-order valence-corrected chi connectivity index (χ3v) is 6.17. The van der Waals surface area contributed by atoms with Crippen LogP contribution in [-0.4, -0.2) is 30.1 Å². The summed E-state index contributed by atoms with van der Waals surface area (Å²) in [6, 6.07) is 12.2. The lowest BCUT2D eigenvalue weighted by Crippen LogP contribution is -2.24. The van der Waals surface area contributed by atoms with E-state index in [-0.39, 0.29) is 6.03 Å². The van der Waals surface area contributed by atoms with Crippen molar-refractivity contribution in [3.05, 3.63) is 65.9 Å². The van der Waals surface area contributed by atoms with Gasteiger partial charge in [-0.05, 0) is 50.2 Å². The molecule has 0 unspecified atom stereocenters. The van der Waals surface area contributed by atoms with Crippen LogP contribution in [0.1, 0.15) is 19.5 Å². The minimum Gasteiger partial charge on any atom is -0.341 e. The SMILES string of the molecule is CNC(=O)Nc1ccc(-c2nc(N(C)I)cc(C(C)(C)Sc3cc(F)cc(F)c3)n2)cc1. The molecule has 32 heavy (non-hydrogen) atoms. The molecule has 6 nitrogen and oxygen atoms in total. The van der Waals surface area contributed by atoms with Gasteiger partial charge in [0.05, 0.1) is 33.3 Å². The molecule has 0 aliphatic heterocycles. The zero-order valence-electron chi connectivity index (χ0n) is 17.9. The molecule has 3 aromatic rings. The normalized spacial score (nSPS) is 11.2. The van der Waals surface area contributed by atoms with Crippen molar-refractivity contribution in [1.82, 2.24) is 15.3 Å². The number of amides is 2. The second-order valence-electron chi connectivity index (χ2n) is 7.41. The van der Waals surface area contributed by atoms with Crippen LogP contribution in [0.3, 0.4) is 0 Å². The van der Waals surface area contributed by atoms with Gasteiger partial charge in [-0.25, -0.2) is 23.5 Å². The van der Waals surface area contributed by atoms with Crippen molar-refractivity contribution in [2.75, 3.05) is 22.5 Å². The van der Waals surface area contributed by atoms with Crippen molar-refractivity contribution in [3.63, 3.8) is 0 Å². The molecule has 168 valence electrons. The van der Waals surface area contributed by atoms with E-state index in [1.165, 1.54) is 23.9 Å². The first kappa shape index (κ1) is 24.2. The van der Waals surface area contributed by atoms with E-state index in [1.54, 1.807) is 19.2 Å². The molecule has 1 aromatic heterocycles. The van der Waals surface area contributed by atoms with Crippen LogP contribution in [0.2, 0.25) is 0 Å². The number of hydrogen-bond acceptors (Lipinski definition) is 5. The number of halogens is 3. The summed E-state index contributed by atoms with van der Waals surface area (Å²) in [6.07, 6.45) is 0. The van der Waals surface area contributed by atoms with E-state index in [1.807, 2.05) is 42.2 Å². The van der Waals surface area contributed by atoms with Gasteiger partial charge in [0, 0.05) is 42.4 Å². The summed E-state index contributed by atoms with van der Waals surface area (Å²) < 4.78 is 28.6. The van der Waals surface area contributed by atoms with Crippen molar-refractivity contribution in [2.24, 2.45) is 0 Å². The molecule has 0 saturated carbocycles. The number of nitrogens with zero attached hydrogens (tertiary/aromatic N) is 3. The van der Waals surface area contributed by atoms with Gasteiger partial charge < -0.3 is 13.7 Å². The zero-order valence-corrected chi connectivity index (χ0v) is 20.9. The van der Waals surface area contributed by atoms with Crippen molar-refractivity contribution in [2.45, 2.75) is 23.5 Å². The Morgan fingerprint density at radius 1 is 1.06 bits per heavy atom. The first-order chi connectivity index (χ1) is 15.1. The van der Waals surface area contributed by atoms with Gasteiger partial charge in [0.15, 0.2) is 5.82 Å². The Labute approximate surface area is 203 Å². The molecule has 0 atom stereocenters. The number of urea groups is 1. The van der Waals surface area contributed by atoms with Gasteiger partial charge in [-0.15, -0.1) is 11.8 Å². The highest BCUT2D eigenvalue weighted by atomic mass is 127. The lowest BCUT2D eigenvalue weighted by atomic mass is 10.1. The fourth-order valence-electron chi connectivity index (χ4n) is 2.86. The van der Waals surface area contributed by atoms with Crippen LogP contribution in [0.4, 0.5) is 25.1 Å². The Balaban J connectivity index is 1.97. The van der Waals surface area contributed by atoms with E-state index in [0.29, 0.717) is 27.9 Å². The van der Waals surface area contributed by atoms with E-state index < -0.39 is 16.4 Å². The highest BCUT2D eigenvalue weighted by molar-refractivity contribution is 14.1. The summed E-state index contributed by atoms with van der Waals surface area (Å²) in [6.45, 7) is 3.89. The zero-order chi connectivity index (χ0) is 23.5. The van der Waals surface area contributed by atoms with Crippen molar-refractivity contribution in [1.29, 1.82) is 0 Å². The van der Waals surface area contributed by atoms with Crippen LogP contribution < -0.4 is 13.7 Å². The molecule has 0 aliphatic carbocycles. The van der Waals surface area contributed by atoms with Gasteiger partial charge in [-0.1, -0.05) is 0 Å². The second kappa shape index (κ2) is 9.99. The van der Waals surface area contributed by atoms with Crippen molar-refractivity contribution >= 4 is 52.2 Å². The lowest BCUT2D eigenvalue weighted by Gasteiger charge is -2.25. The van der Waals surface area contributed by atoms with Gasteiger partial charge in [0.1, 0.15) is 17.5 Å². The lowest BCUT2D eigenvalue weighted by molar-refractivity contribution is 0.254. The van der Waals surface area contributed by atoms with E-state index in [4.69, 9.17) is 4.98 Å². The maximum atomic E-state index is 13.7. The predicted octanol–water partition coefficient (Wildman–Crippen LogP) is 5.99. The monoisotopic (exact) mass is 569 g/mol. The topological polar surface area (TPSA) is 70.2 Å². The molecule has 1 heterocycles. The number of thioether (sulfide) groups is 1. The van der Waals surface area contributed by atoms with Gasteiger partial charge in [0.25, 0.3) is 0 Å². The molecule has 0 saturated heterocycles. The first-order valence-corrected chi connectivity index (χ1v) is 11.4. The van der Waals surface area contributed by atoms with Crippen LogP contribution in [0.15, 0.2) is 53.4 Å². The maximum Gasteiger partial charge on any atom is 0.318 e. The maximum absolute atomic E-state index is 13.7. The average molecular weight is 569 g/mol. The van der Waals surface area contributed by atoms with Crippen LogP contribution >= 0.6 is 34.6 Å². The number of carbonyl (C=O) groups excluding carboxylic acids is 1. The Kier molecular flexibility index (Phi) is 7.55. The predicted molar refractivity (Wildman–Crippen MR) is 133 cm³/mol. The van der Waals surface area contributed by atoms with Crippen molar-refractivity contribution in [3.8, 4) is 11.4 Å². The molecule has 0 radical (unpaired) electrons. The van der Waals surface area contributed by atoms with Gasteiger partial charge in [-0.2, -0.15) is 0 Å². The van der Waals surface area contributed by atoms with Crippen LogP contribution in [0, 0.1) is 11.6 Å². The van der Waals surface area contributed by atoms with Crippen molar-refractivity contribution < 1.29 is 13.6 Å². The largest absolute Gasteiger partial charge is 0.341 e. The minimum atomic E-state index is -0.621. The van der Waals surface area contributed by atoms with E-state index in [9.17, 15) is 13.6 Å². The Hall–Kier alpha value is -2.47. The molecule has 0 spiro atoms. The molecule has 0 fully saturated rings. The molecular weight excluding hydrogens is 547 g/mol. The summed E-state index contributed by atoms with van der Waals surface area (Å²) in [4.78, 5) is 21.4. The number of rotatable bonds is 6. The number of aromatic nitrogens is 2. The molecule has 2 aromatic carbocycles. The van der Waals surface area contributed by atoms with E-state index in [2.05, 4.69) is 38.5 Å². The summed E-state index contributed by atoms with van der Waals surface area (Å²) in [7, 11) is 3.41. The molecule has 0 aliphatic rings. The highest BCUT2D eigenvalue weighted by Gasteiger charge is 2.27. The van der Waals surface area contributed by atoms with Crippen LogP contribution in [0.5, 0.6) is 0 Å². The Morgan fingerprint density at radius 2 is 1.69 bits per heavy atom. The summed E-state index contributed by atoms with van der Waals surface area (Å²) >= 11 is 3.44. The molecular formula is C22H22F2IN5OS. The van der Waals surface area contributed by atoms with Gasteiger partial charge in [0.2, 0.25) is 0 Å². The van der Waals surface area contributed by atoms with Crippen LogP contribution in [-0.2, 0) is 4.75 Å². The Morgan fingerprint density at radius 3 is 2.25 bits per heavy atom. The third-order valence-electron chi connectivity index (χ3n) is 4.48. The van der Waals surface area contributed by atoms with E-state index in [0.717, 1.165) is 11.6 Å². The fraction of sp³-hybridized carbons (Fsp3) is 0.227. The first-order valence-electron chi connectivity index (χ1n) is 9.61. The van der Waals surface area contributed by atoms with Gasteiger partial charge in [-0.3, -0.25) is 0 Å². The molecule has 2 N–H and O–H groups in total. The molecule has 2 amide bonds. The average Bonchev–Trinajstić information content (AvgIpc) is 2.72. The standard InChI is InChI=1S/C22H22F2IN5OS/c1-22(2,32-17-10-14(23)9-15(24)11-17)18-12-19(30(4)25)29-20(28-18)13-5-7-16(8-6-13)27-21(31)26-3/h5-12H,1-4H3,(H2,26,27,31). The highest BCUT2D eigenvalue weighted by Crippen LogP contribution is 2.41. The molecule has 3 rings (SSSR count). The number of nitrogens with one attached hydrogen (secondary N) is 2. The number of benzene rings is 2. The second-order valence-corrected chi connectivity index (χ2v) is 10.6. The summed E-state index contributed by atoms with van der Waals surface area (Å²) in [5, 5.41) is 5.21. The fourth-order valence-corrected chi connectivity index (χ4v) is 4.25. The number of anilines is 2. The number of carbonyl (C=O) groups is 1. The third kappa shape index (κ3) is 6.06. The Bertz CT molecular complexity index is 1110. The summed E-state index contributed by atoms with van der Waals surface area (Å²) in [5.74, 6) is -0.0431. The quantitative estimate of drug-likeness (QED) is 0.217. The van der Waals surface area contributed by atoms with Gasteiger partial charge >= 0.3 is 6.03 Å². The molecule has 10 heteroatoms. The molecule has 0 bridgehead atoms. The number of hydrogen-bond donors (Lipinski definition) is 2. The van der Waals surface area contributed by atoms with E-state index >= 15 is 0 Å². The summed E-state index contributed by atoms with van der Waals surface area (Å²) in [5.41, 5.74) is 2.12.